The van der Waals surface area contributed by atoms with Gasteiger partial charge in [0.05, 0.1) is 11.8 Å². The molecule has 104 valence electrons. The minimum atomic E-state index is -0.351. The molecule has 1 aliphatic rings. The van der Waals surface area contributed by atoms with E-state index in [1.807, 2.05) is 0 Å². The highest BCUT2D eigenvalue weighted by molar-refractivity contribution is 9.10. The topological polar surface area (TPSA) is 50.4 Å². The van der Waals surface area contributed by atoms with Gasteiger partial charge < -0.3 is 15.4 Å². The van der Waals surface area contributed by atoms with Crippen LogP contribution in [0.15, 0.2) is 22.7 Å². The molecule has 1 aromatic carbocycles. The van der Waals surface area contributed by atoms with Crippen LogP contribution >= 0.6 is 15.9 Å². The predicted molar refractivity (Wildman–Crippen MR) is 74.6 cm³/mol. The van der Waals surface area contributed by atoms with Gasteiger partial charge in [0.25, 0.3) is 0 Å². The van der Waals surface area contributed by atoms with Crippen molar-refractivity contribution in [3.63, 3.8) is 0 Å². The van der Waals surface area contributed by atoms with Gasteiger partial charge in [-0.05, 0) is 60.1 Å². The minimum absolute atomic E-state index is 0.0223. The molecule has 6 heteroatoms. The second-order valence-corrected chi connectivity index (χ2v) is 5.29. The molecule has 0 aliphatic carbocycles. The fraction of sp³-hybridized carbons (Fsp3) is 0.462. The fourth-order valence-corrected chi connectivity index (χ4v) is 2.38. The van der Waals surface area contributed by atoms with Crippen molar-refractivity contribution in [2.45, 2.75) is 18.9 Å². The summed E-state index contributed by atoms with van der Waals surface area (Å²) in [6.07, 6.45) is 1.99. The number of amides is 1. The van der Waals surface area contributed by atoms with E-state index in [9.17, 15) is 9.18 Å². The van der Waals surface area contributed by atoms with Crippen LogP contribution in [0.3, 0.4) is 0 Å². The highest BCUT2D eigenvalue weighted by Crippen LogP contribution is 2.22. The van der Waals surface area contributed by atoms with Crippen LogP contribution in [0.1, 0.15) is 12.8 Å². The summed E-state index contributed by atoms with van der Waals surface area (Å²) < 4.78 is 19.0. The lowest BCUT2D eigenvalue weighted by molar-refractivity contribution is -0.123. The molecule has 0 saturated carbocycles. The molecule has 4 nitrogen and oxygen atoms in total. The number of rotatable bonds is 4. The van der Waals surface area contributed by atoms with Crippen LogP contribution in [-0.2, 0) is 9.53 Å². The number of piperidine rings is 1. The smallest absolute Gasteiger partial charge is 0.250 e. The lowest BCUT2D eigenvalue weighted by atomic mass is 10.1. The summed E-state index contributed by atoms with van der Waals surface area (Å²) in [7, 11) is 0. The van der Waals surface area contributed by atoms with E-state index in [1.54, 1.807) is 0 Å². The Hall–Kier alpha value is -0.980. The summed E-state index contributed by atoms with van der Waals surface area (Å²) in [6.45, 7) is 1.88. The van der Waals surface area contributed by atoms with Crippen LogP contribution in [0.25, 0.3) is 0 Å². The molecule has 2 N–H and O–H groups in total. The Kier molecular flexibility index (Phi) is 5.30. The molecule has 0 unspecified atom stereocenters. The number of carbonyl (C=O) groups excluding carboxylic acids is 1. The molecule has 19 heavy (non-hydrogen) atoms. The summed E-state index contributed by atoms with van der Waals surface area (Å²) in [5.74, 6) is -0.582. The van der Waals surface area contributed by atoms with Crippen molar-refractivity contribution in [1.82, 2.24) is 5.32 Å². The average molecular weight is 331 g/mol. The standard InChI is InChI=1S/C13H16BrFN2O2/c14-11-7-9(15)1-2-12(11)17-13(18)8-19-10-3-5-16-6-4-10/h1-2,7,10,16H,3-6,8H2,(H,17,18). The maximum Gasteiger partial charge on any atom is 0.250 e. The quantitative estimate of drug-likeness (QED) is 0.890. The summed E-state index contributed by atoms with van der Waals surface area (Å²) >= 11 is 3.20. The number of anilines is 1. The Bertz CT molecular complexity index is 450. The Morgan fingerprint density at radius 3 is 2.89 bits per heavy atom. The summed E-state index contributed by atoms with van der Waals surface area (Å²) in [5, 5.41) is 5.92. The second-order valence-electron chi connectivity index (χ2n) is 4.43. The van der Waals surface area contributed by atoms with Crippen molar-refractivity contribution >= 4 is 27.5 Å². The summed E-state index contributed by atoms with van der Waals surface area (Å²) in [4.78, 5) is 11.7. The van der Waals surface area contributed by atoms with E-state index < -0.39 is 0 Å². The average Bonchev–Trinajstić information content (AvgIpc) is 2.41. The first kappa shape index (κ1) is 14.4. The third-order valence-electron chi connectivity index (χ3n) is 2.94. The number of nitrogens with one attached hydrogen (secondary N) is 2. The van der Waals surface area contributed by atoms with Gasteiger partial charge in [-0.2, -0.15) is 0 Å². The minimum Gasteiger partial charge on any atom is -0.368 e. The maximum atomic E-state index is 12.9. The fourth-order valence-electron chi connectivity index (χ4n) is 1.93. The summed E-state index contributed by atoms with van der Waals surface area (Å²) in [5.41, 5.74) is 0.542. The Balaban J connectivity index is 1.80. The van der Waals surface area contributed by atoms with Gasteiger partial charge in [0.15, 0.2) is 0 Å². The van der Waals surface area contributed by atoms with Gasteiger partial charge in [0.2, 0.25) is 5.91 Å². The van der Waals surface area contributed by atoms with E-state index in [-0.39, 0.29) is 24.4 Å². The van der Waals surface area contributed by atoms with E-state index >= 15 is 0 Å². The molecule has 2 rings (SSSR count). The normalized spacial score (nSPS) is 16.3. The zero-order chi connectivity index (χ0) is 13.7. The Morgan fingerprint density at radius 2 is 2.21 bits per heavy atom. The van der Waals surface area contributed by atoms with Gasteiger partial charge in [-0.25, -0.2) is 4.39 Å². The monoisotopic (exact) mass is 330 g/mol. The van der Waals surface area contributed by atoms with Crippen molar-refractivity contribution in [3.8, 4) is 0 Å². The molecule has 0 spiro atoms. The number of carbonyl (C=O) groups is 1. The van der Waals surface area contributed by atoms with E-state index in [0.717, 1.165) is 25.9 Å². The van der Waals surface area contributed by atoms with E-state index in [1.165, 1.54) is 18.2 Å². The Morgan fingerprint density at radius 1 is 1.47 bits per heavy atom. The maximum absolute atomic E-state index is 12.9. The molecule has 1 heterocycles. The molecule has 1 amide bonds. The van der Waals surface area contributed by atoms with Crippen LogP contribution < -0.4 is 10.6 Å². The number of halogens is 2. The molecule has 0 radical (unpaired) electrons. The number of ether oxygens (including phenoxy) is 1. The molecule has 0 atom stereocenters. The third kappa shape index (κ3) is 4.56. The lowest BCUT2D eigenvalue weighted by Gasteiger charge is -2.22. The van der Waals surface area contributed by atoms with Gasteiger partial charge in [-0.1, -0.05) is 0 Å². The highest BCUT2D eigenvalue weighted by atomic mass is 79.9. The zero-order valence-corrected chi connectivity index (χ0v) is 12.0. The van der Waals surface area contributed by atoms with E-state index in [4.69, 9.17) is 4.74 Å². The zero-order valence-electron chi connectivity index (χ0n) is 10.4. The molecular weight excluding hydrogens is 315 g/mol. The molecular formula is C13H16BrFN2O2. The summed E-state index contributed by atoms with van der Waals surface area (Å²) in [6, 6.07) is 4.12. The van der Waals surface area contributed by atoms with Crippen molar-refractivity contribution in [1.29, 1.82) is 0 Å². The van der Waals surface area contributed by atoms with Gasteiger partial charge in [-0.3, -0.25) is 4.79 Å². The molecule has 1 aliphatic heterocycles. The van der Waals surface area contributed by atoms with Crippen molar-refractivity contribution in [2.24, 2.45) is 0 Å². The first-order valence-corrected chi connectivity index (χ1v) is 7.01. The van der Waals surface area contributed by atoms with Gasteiger partial charge in [0, 0.05) is 4.47 Å². The first-order chi connectivity index (χ1) is 9.15. The van der Waals surface area contributed by atoms with Gasteiger partial charge in [0.1, 0.15) is 12.4 Å². The van der Waals surface area contributed by atoms with Crippen molar-refractivity contribution in [3.05, 3.63) is 28.5 Å². The highest BCUT2D eigenvalue weighted by Gasteiger charge is 2.15. The number of hydrogen-bond donors (Lipinski definition) is 2. The second kappa shape index (κ2) is 6.98. The van der Waals surface area contributed by atoms with Crippen molar-refractivity contribution < 1.29 is 13.9 Å². The van der Waals surface area contributed by atoms with Crippen LogP contribution in [0.2, 0.25) is 0 Å². The van der Waals surface area contributed by atoms with Crippen LogP contribution in [-0.4, -0.2) is 31.7 Å². The molecule has 1 saturated heterocycles. The van der Waals surface area contributed by atoms with E-state index in [0.29, 0.717) is 10.2 Å². The first-order valence-electron chi connectivity index (χ1n) is 6.22. The van der Waals surface area contributed by atoms with Crippen molar-refractivity contribution in [2.75, 3.05) is 25.0 Å². The molecule has 1 aromatic rings. The molecule has 0 aromatic heterocycles. The number of benzene rings is 1. The third-order valence-corrected chi connectivity index (χ3v) is 3.60. The van der Waals surface area contributed by atoms with Crippen LogP contribution in [0, 0.1) is 5.82 Å². The van der Waals surface area contributed by atoms with E-state index in [2.05, 4.69) is 26.6 Å². The predicted octanol–water partition coefficient (Wildman–Crippen LogP) is 2.30. The largest absolute Gasteiger partial charge is 0.368 e. The van der Waals surface area contributed by atoms with Crippen LogP contribution in [0.5, 0.6) is 0 Å². The van der Waals surface area contributed by atoms with Gasteiger partial charge >= 0.3 is 0 Å². The Labute approximate surface area is 119 Å². The van der Waals surface area contributed by atoms with Crippen LogP contribution in [0.4, 0.5) is 10.1 Å². The SMILES string of the molecule is O=C(COC1CCNCC1)Nc1ccc(F)cc1Br. The number of hydrogen-bond acceptors (Lipinski definition) is 3. The molecule has 1 fully saturated rings. The molecule has 0 bridgehead atoms. The van der Waals surface area contributed by atoms with Gasteiger partial charge in [-0.15, -0.1) is 0 Å². The lowest BCUT2D eigenvalue weighted by Crippen LogP contribution is -2.34.